The van der Waals surface area contributed by atoms with E-state index in [1.807, 2.05) is 30.3 Å². The van der Waals surface area contributed by atoms with Gasteiger partial charge >= 0.3 is 12.1 Å². The summed E-state index contributed by atoms with van der Waals surface area (Å²) in [7, 11) is 0. The van der Waals surface area contributed by atoms with E-state index in [2.05, 4.69) is 15.4 Å². The molecule has 0 atom stereocenters. The zero-order chi connectivity index (χ0) is 23.5. The van der Waals surface area contributed by atoms with Crippen molar-refractivity contribution in [3.05, 3.63) is 75.2 Å². The molecular formula is C20H15Cl2F3N4O3. The molecule has 12 heteroatoms. The largest absolute Gasteiger partial charge is 0.452 e. The second kappa shape index (κ2) is 9.58. The summed E-state index contributed by atoms with van der Waals surface area (Å²) in [6.07, 6.45) is -4.10. The molecular weight excluding hydrogens is 472 g/mol. The lowest BCUT2D eigenvalue weighted by Gasteiger charge is -2.10. The average molecular weight is 487 g/mol. The van der Waals surface area contributed by atoms with Gasteiger partial charge in [-0.25, -0.2) is 14.5 Å². The molecule has 0 bridgehead atoms. The molecule has 0 spiro atoms. The third-order valence-electron chi connectivity index (χ3n) is 4.21. The Labute approximate surface area is 190 Å². The lowest BCUT2D eigenvalue weighted by Crippen LogP contribution is -2.22. The van der Waals surface area contributed by atoms with Gasteiger partial charge in [-0.15, -0.1) is 0 Å². The number of carbonyl (C=O) groups is 2. The highest BCUT2D eigenvalue weighted by atomic mass is 35.5. The molecule has 1 N–H and O–H groups in total. The van der Waals surface area contributed by atoms with Crippen LogP contribution in [0, 0.1) is 6.92 Å². The highest BCUT2D eigenvalue weighted by Gasteiger charge is 2.31. The maximum Gasteiger partial charge on any atom is 0.417 e. The molecule has 2 aromatic heterocycles. The Morgan fingerprint density at radius 3 is 2.50 bits per heavy atom. The molecule has 0 aliphatic heterocycles. The lowest BCUT2D eigenvalue weighted by molar-refractivity contribution is -0.137. The minimum atomic E-state index is -4.63. The molecule has 3 rings (SSSR count). The number of anilines is 1. The van der Waals surface area contributed by atoms with Crippen LogP contribution < -0.4 is 5.32 Å². The highest BCUT2D eigenvalue weighted by Crippen LogP contribution is 2.32. The van der Waals surface area contributed by atoms with E-state index in [1.165, 1.54) is 4.68 Å². The molecule has 3 aromatic rings. The van der Waals surface area contributed by atoms with Crippen LogP contribution >= 0.6 is 23.2 Å². The summed E-state index contributed by atoms with van der Waals surface area (Å²) in [6, 6.07) is 9.93. The molecule has 0 fully saturated rings. The Kier molecular flexibility index (Phi) is 7.05. The number of hydrogen-bond acceptors (Lipinski definition) is 5. The molecule has 0 saturated heterocycles. The fraction of sp³-hybridized carbons (Fsp3) is 0.200. The Balaban J connectivity index is 1.63. The average Bonchev–Trinajstić information content (AvgIpc) is 3.00. The quantitative estimate of drug-likeness (QED) is 0.507. The lowest BCUT2D eigenvalue weighted by atomic mass is 10.2. The number of nitrogens with zero attached hydrogens (tertiary/aromatic N) is 3. The van der Waals surface area contributed by atoms with Gasteiger partial charge in [0, 0.05) is 6.20 Å². The summed E-state index contributed by atoms with van der Waals surface area (Å²) >= 11 is 12.0. The molecule has 168 valence electrons. The number of rotatable bonds is 6. The third-order valence-corrected chi connectivity index (χ3v) is 4.88. The predicted octanol–water partition coefficient (Wildman–Crippen LogP) is 4.76. The van der Waals surface area contributed by atoms with Gasteiger partial charge in [-0.05, 0) is 18.6 Å². The molecule has 7 nitrogen and oxygen atoms in total. The van der Waals surface area contributed by atoms with Gasteiger partial charge in [0.2, 0.25) is 0 Å². The first-order valence-corrected chi connectivity index (χ1v) is 9.78. The first kappa shape index (κ1) is 23.6. The topological polar surface area (TPSA) is 86.1 Å². The van der Waals surface area contributed by atoms with Gasteiger partial charge in [0.1, 0.15) is 10.7 Å². The van der Waals surface area contributed by atoms with E-state index in [0.717, 1.165) is 5.56 Å². The van der Waals surface area contributed by atoms with Crippen LogP contribution in [0.2, 0.25) is 10.2 Å². The normalized spacial score (nSPS) is 11.3. The zero-order valence-electron chi connectivity index (χ0n) is 16.4. The first-order valence-electron chi connectivity index (χ1n) is 9.03. The van der Waals surface area contributed by atoms with E-state index in [0.29, 0.717) is 24.5 Å². The number of carbonyl (C=O) groups excluding carboxylic acids is 2. The number of ether oxygens (including phenoxy) is 1. The number of alkyl halides is 3. The third kappa shape index (κ3) is 5.57. The number of amides is 1. The predicted molar refractivity (Wildman–Crippen MR) is 111 cm³/mol. The van der Waals surface area contributed by atoms with Gasteiger partial charge < -0.3 is 10.1 Å². The monoisotopic (exact) mass is 486 g/mol. The fourth-order valence-electron chi connectivity index (χ4n) is 2.70. The molecule has 1 aromatic carbocycles. The summed E-state index contributed by atoms with van der Waals surface area (Å²) in [5.74, 6) is -2.03. The van der Waals surface area contributed by atoms with Crippen molar-refractivity contribution in [2.45, 2.75) is 19.6 Å². The van der Waals surface area contributed by atoms with Crippen LogP contribution in [0.1, 0.15) is 27.2 Å². The summed E-state index contributed by atoms with van der Waals surface area (Å²) in [5.41, 5.74) is 0.159. The van der Waals surface area contributed by atoms with E-state index in [9.17, 15) is 22.8 Å². The molecule has 2 heterocycles. The smallest absolute Gasteiger partial charge is 0.417 e. The number of nitrogens with one attached hydrogen (secondary N) is 1. The number of pyridine rings is 1. The molecule has 0 aliphatic rings. The van der Waals surface area contributed by atoms with Gasteiger partial charge in [0.15, 0.2) is 12.4 Å². The molecule has 0 saturated carbocycles. The van der Waals surface area contributed by atoms with Gasteiger partial charge in [0.25, 0.3) is 5.91 Å². The fourth-order valence-corrected chi connectivity index (χ4v) is 3.23. The van der Waals surface area contributed by atoms with Gasteiger partial charge in [-0.1, -0.05) is 53.5 Å². The van der Waals surface area contributed by atoms with E-state index >= 15 is 0 Å². The number of esters is 1. The van der Waals surface area contributed by atoms with Crippen LogP contribution in [0.15, 0.2) is 42.6 Å². The highest BCUT2D eigenvalue weighted by molar-refractivity contribution is 6.33. The minimum Gasteiger partial charge on any atom is -0.452 e. The second-order valence-electron chi connectivity index (χ2n) is 6.57. The Morgan fingerprint density at radius 1 is 1.19 bits per heavy atom. The second-order valence-corrected chi connectivity index (χ2v) is 7.34. The van der Waals surface area contributed by atoms with Crippen LogP contribution in [-0.2, 0) is 22.3 Å². The SMILES string of the molecule is Cc1nn(Cc2ccccc2)c(Cl)c1C(=O)OCC(=O)Nc1ncc(C(F)(F)F)cc1Cl. The Hall–Kier alpha value is -3.11. The van der Waals surface area contributed by atoms with Crippen molar-refractivity contribution >= 4 is 40.9 Å². The summed E-state index contributed by atoms with van der Waals surface area (Å²) in [5, 5.41) is 6.04. The van der Waals surface area contributed by atoms with Crippen molar-refractivity contribution in [1.29, 1.82) is 0 Å². The molecule has 0 aliphatic carbocycles. The zero-order valence-corrected chi connectivity index (χ0v) is 17.9. The number of hydrogen-bond donors (Lipinski definition) is 1. The van der Waals surface area contributed by atoms with Crippen molar-refractivity contribution in [2.24, 2.45) is 0 Å². The van der Waals surface area contributed by atoms with Crippen LogP contribution in [0.3, 0.4) is 0 Å². The van der Waals surface area contributed by atoms with E-state index < -0.39 is 35.2 Å². The van der Waals surface area contributed by atoms with Crippen LogP contribution in [-0.4, -0.2) is 33.2 Å². The van der Waals surface area contributed by atoms with Gasteiger partial charge in [-0.3, -0.25) is 4.79 Å². The minimum absolute atomic E-state index is 0.00100. The summed E-state index contributed by atoms with van der Waals surface area (Å²) < 4.78 is 44.4. The number of benzene rings is 1. The van der Waals surface area contributed by atoms with Crippen molar-refractivity contribution in [2.75, 3.05) is 11.9 Å². The molecule has 0 unspecified atom stereocenters. The van der Waals surface area contributed by atoms with Gasteiger partial charge in [0.05, 0.1) is 22.8 Å². The van der Waals surface area contributed by atoms with Crippen molar-refractivity contribution in [3.63, 3.8) is 0 Å². The van der Waals surface area contributed by atoms with Crippen molar-refractivity contribution in [3.8, 4) is 0 Å². The molecule has 32 heavy (non-hydrogen) atoms. The van der Waals surface area contributed by atoms with E-state index in [4.69, 9.17) is 27.9 Å². The summed E-state index contributed by atoms with van der Waals surface area (Å²) in [4.78, 5) is 27.9. The van der Waals surface area contributed by atoms with Gasteiger partial charge in [-0.2, -0.15) is 18.3 Å². The van der Waals surface area contributed by atoms with Crippen molar-refractivity contribution in [1.82, 2.24) is 14.8 Å². The standard InChI is InChI=1S/C20H15Cl2F3N4O3/c1-11-16(17(22)29(28-11)9-12-5-3-2-4-6-12)19(31)32-10-15(30)27-18-14(21)7-13(8-26-18)20(23,24)25/h2-8H,9-10H2,1H3,(H,26,27,30). The van der Waals surface area contributed by atoms with Crippen LogP contribution in [0.5, 0.6) is 0 Å². The number of aryl methyl sites for hydroxylation is 1. The summed E-state index contributed by atoms with van der Waals surface area (Å²) in [6.45, 7) is 1.15. The Bertz CT molecular complexity index is 1150. The first-order chi connectivity index (χ1) is 15.1. The van der Waals surface area contributed by atoms with Crippen LogP contribution in [0.4, 0.5) is 19.0 Å². The Morgan fingerprint density at radius 2 is 1.88 bits per heavy atom. The van der Waals surface area contributed by atoms with E-state index in [1.54, 1.807) is 6.92 Å². The van der Waals surface area contributed by atoms with Crippen molar-refractivity contribution < 1.29 is 27.5 Å². The molecule has 0 radical (unpaired) electrons. The maximum absolute atomic E-state index is 12.7. The number of halogens is 5. The molecule has 1 amide bonds. The van der Waals surface area contributed by atoms with Crippen LogP contribution in [0.25, 0.3) is 0 Å². The number of aromatic nitrogens is 3. The maximum atomic E-state index is 12.7. The van der Waals surface area contributed by atoms with E-state index in [-0.39, 0.29) is 16.5 Å².